The summed E-state index contributed by atoms with van der Waals surface area (Å²) in [6.45, 7) is 4.73. The van der Waals surface area contributed by atoms with Crippen LogP contribution in [0.3, 0.4) is 0 Å². The van der Waals surface area contributed by atoms with Gasteiger partial charge in [0.05, 0.1) is 12.2 Å². The standard InChI is InChI=1S/C12H20O5Si/c1-8(13)16-18(2,3)17-12(14)7-9-4-5-10-11(6-9)15-10/h9-11H,4-7H2,1-3H3. The maximum absolute atomic E-state index is 11.8. The van der Waals surface area contributed by atoms with Crippen molar-refractivity contribution < 1.29 is 23.2 Å². The zero-order valence-corrected chi connectivity index (χ0v) is 12.1. The monoisotopic (exact) mass is 272 g/mol. The average Bonchev–Trinajstić information content (AvgIpc) is 2.91. The molecule has 18 heavy (non-hydrogen) atoms. The number of ether oxygens (including phenoxy) is 1. The molecule has 3 atom stereocenters. The van der Waals surface area contributed by atoms with Gasteiger partial charge in [0.2, 0.25) is 0 Å². The summed E-state index contributed by atoms with van der Waals surface area (Å²) in [5, 5.41) is 0. The fourth-order valence-electron chi connectivity index (χ4n) is 2.59. The Bertz CT molecular complexity index is 354. The lowest BCUT2D eigenvalue weighted by Gasteiger charge is -2.23. The molecule has 2 fully saturated rings. The van der Waals surface area contributed by atoms with Gasteiger partial charge >= 0.3 is 8.56 Å². The molecule has 1 heterocycles. The largest absolute Gasteiger partial charge is 0.485 e. The molecule has 1 saturated heterocycles. The van der Waals surface area contributed by atoms with Gasteiger partial charge in [-0.2, -0.15) is 0 Å². The van der Waals surface area contributed by atoms with E-state index in [-0.39, 0.29) is 5.97 Å². The molecule has 2 rings (SSSR count). The second-order valence-electron chi connectivity index (χ2n) is 5.56. The SMILES string of the molecule is CC(=O)O[Si](C)(C)OC(=O)CC1CCC2OC2C1. The molecule has 1 saturated carbocycles. The number of carbonyl (C=O) groups is 2. The van der Waals surface area contributed by atoms with Crippen molar-refractivity contribution in [2.75, 3.05) is 0 Å². The molecule has 3 unspecified atom stereocenters. The Balaban J connectivity index is 1.75. The Kier molecular flexibility index (Phi) is 3.77. The first kappa shape index (κ1) is 13.5. The summed E-state index contributed by atoms with van der Waals surface area (Å²) < 4.78 is 15.8. The van der Waals surface area contributed by atoms with Gasteiger partial charge in [-0.15, -0.1) is 0 Å². The van der Waals surface area contributed by atoms with Crippen molar-refractivity contribution in [1.29, 1.82) is 0 Å². The number of epoxide rings is 1. The molecule has 102 valence electrons. The summed E-state index contributed by atoms with van der Waals surface area (Å²) in [5.74, 6) is -0.299. The lowest BCUT2D eigenvalue weighted by Crippen LogP contribution is -2.39. The summed E-state index contributed by atoms with van der Waals surface area (Å²) in [7, 11) is -2.65. The first-order valence-corrected chi connectivity index (χ1v) is 9.24. The molecule has 0 amide bonds. The van der Waals surface area contributed by atoms with Crippen molar-refractivity contribution in [3.63, 3.8) is 0 Å². The minimum Gasteiger partial charge on any atom is -0.485 e. The predicted octanol–water partition coefficient (Wildman–Crippen LogP) is 1.75. The van der Waals surface area contributed by atoms with Crippen LogP contribution in [0.2, 0.25) is 13.1 Å². The van der Waals surface area contributed by atoms with Crippen LogP contribution in [0.15, 0.2) is 0 Å². The Morgan fingerprint density at radius 2 is 1.94 bits per heavy atom. The quantitative estimate of drug-likeness (QED) is 0.576. The lowest BCUT2D eigenvalue weighted by atomic mass is 9.87. The molecule has 0 aromatic rings. The minimum atomic E-state index is -2.65. The van der Waals surface area contributed by atoms with E-state index in [2.05, 4.69) is 0 Å². The topological polar surface area (TPSA) is 65.1 Å². The van der Waals surface area contributed by atoms with E-state index in [1.807, 2.05) is 0 Å². The molecule has 0 radical (unpaired) electrons. The molecule has 5 nitrogen and oxygen atoms in total. The highest BCUT2D eigenvalue weighted by atomic mass is 28.4. The van der Waals surface area contributed by atoms with Gasteiger partial charge in [-0.1, -0.05) is 0 Å². The van der Waals surface area contributed by atoms with E-state index in [1.54, 1.807) is 13.1 Å². The zero-order valence-electron chi connectivity index (χ0n) is 11.1. The zero-order chi connectivity index (χ0) is 13.3. The summed E-state index contributed by atoms with van der Waals surface area (Å²) in [5.41, 5.74) is 0. The van der Waals surface area contributed by atoms with E-state index in [0.29, 0.717) is 24.5 Å². The smallest absolute Gasteiger partial charge is 0.457 e. The molecular formula is C12H20O5Si. The third-order valence-corrected chi connectivity index (χ3v) is 4.82. The molecular weight excluding hydrogens is 252 g/mol. The van der Waals surface area contributed by atoms with Gasteiger partial charge in [0, 0.05) is 26.4 Å². The summed E-state index contributed by atoms with van der Waals surface area (Å²) in [6.07, 6.45) is 4.25. The highest BCUT2D eigenvalue weighted by molar-refractivity contribution is 6.67. The maximum atomic E-state index is 11.8. The van der Waals surface area contributed by atoms with Gasteiger partial charge in [0.1, 0.15) is 0 Å². The van der Waals surface area contributed by atoms with Gasteiger partial charge in [0.15, 0.2) is 0 Å². The second-order valence-corrected chi connectivity index (χ2v) is 8.77. The van der Waals surface area contributed by atoms with Crippen LogP contribution in [0.5, 0.6) is 0 Å². The van der Waals surface area contributed by atoms with Crippen LogP contribution in [0.4, 0.5) is 0 Å². The lowest BCUT2D eigenvalue weighted by molar-refractivity contribution is -0.140. The second kappa shape index (κ2) is 5.01. The Morgan fingerprint density at radius 1 is 1.22 bits per heavy atom. The molecule has 0 aromatic heterocycles. The third-order valence-electron chi connectivity index (χ3n) is 3.32. The van der Waals surface area contributed by atoms with Gasteiger partial charge < -0.3 is 13.6 Å². The van der Waals surface area contributed by atoms with Gasteiger partial charge in [-0.3, -0.25) is 9.59 Å². The first-order valence-electron chi connectivity index (χ1n) is 6.42. The first-order chi connectivity index (χ1) is 8.35. The number of hydrogen-bond donors (Lipinski definition) is 0. The number of fused-ring (bicyclic) bond motifs is 1. The van der Waals surface area contributed by atoms with Crippen molar-refractivity contribution >= 4 is 20.5 Å². The fraction of sp³-hybridized carbons (Fsp3) is 0.833. The summed E-state index contributed by atoms with van der Waals surface area (Å²) >= 11 is 0. The number of rotatable bonds is 4. The molecule has 6 heteroatoms. The van der Waals surface area contributed by atoms with Crippen molar-refractivity contribution in [2.45, 2.75) is 57.9 Å². The van der Waals surface area contributed by atoms with Crippen LogP contribution in [-0.4, -0.2) is 32.7 Å². The Hall–Kier alpha value is -0.883. The van der Waals surface area contributed by atoms with E-state index < -0.39 is 14.5 Å². The summed E-state index contributed by atoms with van der Waals surface area (Å²) in [6, 6.07) is 0. The Labute approximate surface area is 108 Å². The van der Waals surface area contributed by atoms with Crippen molar-refractivity contribution in [3.8, 4) is 0 Å². The van der Waals surface area contributed by atoms with Gasteiger partial charge in [-0.05, 0) is 25.2 Å². The Morgan fingerprint density at radius 3 is 2.56 bits per heavy atom. The highest BCUT2D eigenvalue weighted by Crippen LogP contribution is 2.40. The molecule has 0 N–H and O–H groups in total. The highest BCUT2D eigenvalue weighted by Gasteiger charge is 2.44. The van der Waals surface area contributed by atoms with Crippen LogP contribution in [0.1, 0.15) is 32.6 Å². The van der Waals surface area contributed by atoms with Crippen LogP contribution >= 0.6 is 0 Å². The number of hydrogen-bond acceptors (Lipinski definition) is 5. The molecule has 1 aliphatic heterocycles. The fourth-order valence-corrected chi connectivity index (χ4v) is 3.96. The van der Waals surface area contributed by atoms with Crippen LogP contribution in [-0.2, 0) is 23.2 Å². The van der Waals surface area contributed by atoms with Crippen LogP contribution in [0.25, 0.3) is 0 Å². The van der Waals surface area contributed by atoms with Gasteiger partial charge in [-0.25, -0.2) is 0 Å². The van der Waals surface area contributed by atoms with Crippen molar-refractivity contribution in [3.05, 3.63) is 0 Å². The molecule has 1 aliphatic carbocycles. The normalized spacial score (nSPS) is 30.3. The molecule has 0 aromatic carbocycles. The molecule has 0 bridgehead atoms. The van der Waals surface area contributed by atoms with E-state index in [9.17, 15) is 9.59 Å². The van der Waals surface area contributed by atoms with Gasteiger partial charge in [0.25, 0.3) is 11.9 Å². The van der Waals surface area contributed by atoms with E-state index in [1.165, 1.54) is 6.92 Å². The molecule has 2 aliphatic rings. The number of carbonyl (C=O) groups excluding carboxylic acids is 2. The van der Waals surface area contributed by atoms with Crippen LogP contribution in [0, 0.1) is 5.92 Å². The van der Waals surface area contributed by atoms with Crippen LogP contribution < -0.4 is 0 Å². The average molecular weight is 272 g/mol. The van der Waals surface area contributed by atoms with E-state index >= 15 is 0 Å². The minimum absolute atomic E-state index is 0.253. The van der Waals surface area contributed by atoms with Crippen molar-refractivity contribution in [1.82, 2.24) is 0 Å². The third kappa shape index (κ3) is 3.81. The summed E-state index contributed by atoms with van der Waals surface area (Å²) in [4.78, 5) is 22.7. The van der Waals surface area contributed by atoms with Crippen molar-refractivity contribution in [2.24, 2.45) is 5.92 Å². The molecule has 0 spiro atoms. The van der Waals surface area contributed by atoms with E-state index in [4.69, 9.17) is 13.6 Å². The predicted molar refractivity (Wildman–Crippen MR) is 66.0 cm³/mol. The van der Waals surface area contributed by atoms with E-state index in [0.717, 1.165) is 19.3 Å². The maximum Gasteiger partial charge on any atom is 0.457 e.